The Labute approximate surface area is 182 Å². The lowest BCUT2D eigenvalue weighted by Gasteiger charge is -2.27. The van der Waals surface area contributed by atoms with Crippen LogP contribution in [0.15, 0.2) is 59.5 Å². The number of anilines is 1. The molecule has 0 spiro atoms. The Bertz CT molecular complexity index is 1020. The van der Waals surface area contributed by atoms with Crippen LogP contribution in [0.5, 0.6) is 0 Å². The first-order chi connectivity index (χ1) is 14.4. The van der Waals surface area contributed by atoms with Crippen molar-refractivity contribution in [1.29, 1.82) is 0 Å². The van der Waals surface area contributed by atoms with Gasteiger partial charge in [-0.2, -0.15) is 4.31 Å². The number of benzene rings is 2. The summed E-state index contributed by atoms with van der Waals surface area (Å²) in [7, 11) is -4.18. The van der Waals surface area contributed by atoms with Crippen LogP contribution in [-0.2, 0) is 26.1 Å². The zero-order chi connectivity index (χ0) is 23.2. The number of carbonyl (C=O) groups excluding carboxylic acids is 2. The first kappa shape index (κ1) is 24.3. The van der Waals surface area contributed by atoms with E-state index in [9.17, 15) is 18.0 Å². The molecule has 3 N–H and O–H groups in total. The van der Waals surface area contributed by atoms with Crippen molar-refractivity contribution < 1.29 is 28.0 Å². The van der Waals surface area contributed by atoms with Gasteiger partial charge in [0.15, 0.2) is 0 Å². The summed E-state index contributed by atoms with van der Waals surface area (Å²) in [6.07, 6.45) is -0.726. The third-order valence-corrected chi connectivity index (χ3v) is 6.10. The van der Waals surface area contributed by atoms with Gasteiger partial charge in [0, 0.05) is 12.2 Å². The molecule has 0 bridgehead atoms. The van der Waals surface area contributed by atoms with Crippen LogP contribution in [0.3, 0.4) is 0 Å². The number of ether oxygens (including phenoxy) is 1. The Morgan fingerprint density at radius 2 is 1.74 bits per heavy atom. The second-order valence-corrected chi connectivity index (χ2v) is 9.73. The van der Waals surface area contributed by atoms with E-state index in [1.54, 1.807) is 51.1 Å². The number of carbonyl (C=O) groups is 2. The number of hydrogen-bond donors (Lipinski definition) is 3. The van der Waals surface area contributed by atoms with Crippen molar-refractivity contribution in [2.24, 2.45) is 0 Å². The molecule has 0 fully saturated rings. The number of hydrogen-bond acceptors (Lipinski definition) is 6. The maximum atomic E-state index is 13.4. The van der Waals surface area contributed by atoms with Crippen LogP contribution < -0.4 is 10.8 Å². The average Bonchev–Trinajstić information content (AvgIpc) is 2.70. The first-order valence-corrected chi connectivity index (χ1v) is 11.0. The fraction of sp³-hybridized carbons (Fsp3) is 0.333. The van der Waals surface area contributed by atoms with Gasteiger partial charge in [-0.25, -0.2) is 18.7 Å². The summed E-state index contributed by atoms with van der Waals surface area (Å²) < 4.78 is 32.9. The highest BCUT2D eigenvalue weighted by atomic mass is 32.2. The van der Waals surface area contributed by atoms with Crippen molar-refractivity contribution in [3.8, 4) is 0 Å². The smallest absolute Gasteiger partial charge is 0.412 e. The Morgan fingerprint density at radius 3 is 2.32 bits per heavy atom. The van der Waals surface area contributed by atoms with Crippen molar-refractivity contribution in [1.82, 2.24) is 9.79 Å². The van der Waals surface area contributed by atoms with Crippen molar-refractivity contribution in [2.75, 3.05) is 5.32 Å². The van der Waals surface area contributed by atoms with Gasteiger partial charge in [-0.05, 0) is 51.5 Å². The Hall–Kier alpha value is -2.95. The van der Waals surface area contributed by atoms with E-state index in [2.05, 4.69) is 5.32 Å². The Balaban J connectivity index is 2.38. The van der Waals surface area contributed by atoms with Crippen LogP contribution in [-0.4, -0.2) is 41.6 Å². The normalized spacial score (nSPS) is 12.8. The van der Waals surface area contributed by atoms with E-state index in [-0.39, 0.29) is 17.1 Å². The number of nitrogens with one attached hydrogen (secondary N) is 2. The molecule has 31 heavy (non-hydrogen) atoms. The first-order valence-electron chi connectivity index (χ1n) is 9.54. The zero-order valence-electron chi connectivity index (χ0n) is 17.8. The van der Waals surface area contributed by atoms with Crippen LogP contribution in [0.2, 0.25) is 0 Å². The van der Waals surface area contributed by atoms with E-state index >= 15 is 0 Å². The van der Waals surface area contributed by atoms with Crippen LogP contribution in [0, 0.1) is 0 Å². The zero-order valence-corrected chi connectivity index (χ0v) is 18.6. The predicted molar refractivity (Wildman–Crippen MR) is 115 cm³/mol. The van der Waals surface area contributed by atoms with E-state index in [1.807, 2.05) is 0 Å². The maximum Gasteiger partial charge on any atom is 0.412 e. The lowest BCUT2D eigenvalue weighted by molar-refractivity contribution is -0.132. The third-order valence-electron chi connectivity index (χ3n) is 4.19. The molecule has 0 saturated carbocycles. The van der Waals surface area contributed by atoms with Crippen molar-refractivity contribution in [3.63, 3.8) is 0 Å². The quantitative estimate of drug-likeness (QED) is 0.441. The van der Waals surface area contributed by atoms with Gasteiger partial charge in [-0.1, -0.05) is 36.4 Å². The summed E-state index contributed by atoms with van der Waals surface area (Å²) in [5.74, 6) is -0.873. The van der Waals surface area contributed by atoms with E-state index in [0.717, 1.165) is 4.31 Å². The van der Waals surface area contributed by atoms with Crippen LogP contribution in [0.1, 0.15) is 33.3 Å². The van der Waals surface area contributed by atoms with Gasteiger partial charge >= 0.3 is 6.09 Å². The topological polar surface area (TPSA) is 125 Å². The van der Waals surface area contributed by atoms with Crippen LogP contribution >= 0.6 is 0 Å². The summed E-state index contributed by atoms with van der Waals surface area (Å²) in [5.41, 5.74) is 1.66. The second kappa shape index (κ2) is 9.90. The van der Waals surface area contributed by atoms with E-state index in [0.29, 0.717) is 5.56 Å². The molecule has 2 amide bonds. The van der Waals surface area contributed by atoms with E-state index < -0.39 is 33.7 Å². The molecule has 9 nitrogen and oxygen atoms in total. The van der Waals surface area contributed by atoms with Crippen LogP contribution in [0.25, 0.3) is 0 Å². The molecule has 0 saturated heterocycles. The maximum absolute atomic E-state index is 13.4. The molecular weight excluding hydrogens is 422 g/mol. The highest BCUT2D eigenvalue weighted by Crippen LogP contribution is 2.24. The minimum atomic E-state index is -4.18. The van der Waals surface area contributed by atoms with Gasteiger partial charge in [0.05, 0.1) is 4.90 Å². The molecule has 0 unspecified atom stereocenters. The standard InChI is InChI=1S/C21H27N3O6S/c1-15(19(25)23-27)24(14-16-9-6-5-7-10-16)31(28,29)18-12-8-11-17(13-18)22-20(26)30-21(2,3)4/h5-13,15,27H,14H2,1-4H3,(H,22,26)(H,23,25)/t15-/m0/s1. The van der Waals surface area contributed by atoms with Gasteiger partial charge < -0.3 is 4.74 Å². The Kier molecular flexibility index (Phi) is 7.77. The summed E-state index contributed by atoms with van der Waals surface area (Å²) in [4.78, 5) is 23.9. The molecule has 0 aliphatic rings. The predicted octanol–water partition coefficient (Wildman–Crippen LogP) is 3.12. The van der Waals surface area contributed by atoms with E-state index in [1.165, 1.54) is 36.7 Å². The average molecular weight is 450 g/mol. The lowest BCUT2D eigenvalue weighted by atomic mass is 10.2. The molecule has 10 heteroatoms. The largest absolute Gasteiger partial charge is 0.444 e. The molecule has 2 aromatic carbocycles. The van der Waals surface area contributed by atoms with Crippen molar-refractivity contribution in [3.05, 3.63) is 60.2 Å². The van der Waals surface area contributed by atoms with Crippen LogP contribution in [0.4, 0.5) is 10.5 Å². The molecule has 2 rings (SSSR count). The molecule has 1 atom stereocenters. The van der Waals surface area contributed by atoms with Gasteiger partial charge in [0.25, 0.3) is 5.91 Å². The van der Waals surface area contributed by atoms with Gasteiger partial charge in [0.1, 0.15) is 11.6 Å². The van der Waals surface area contributed by atoms with Crippen molar-refractivity contribution in [2.45, 2.75) is 50.8 Å². The number of hydroxylamine groups is 1. The molecule has 168 valence electrons. The molecular formula is C21H27N3O6S. The fourth-order valence-electron chi connectivity index (χ4n) is 2.71. The number of rotatable bonds is 7. The minimum absolute atomic E-state index is 0.0958. The minimum Gasteiger partial charge on any atom is -0.444 e. The second-order valence-electron chi connectivity index (χ2n) is 7.84. The molecule has 0 aliphatic carbocycles. The Morgan fingerprint density at radius 1 is 1.10 bits per heavy atom. The SMILES string of the molecule is C[C@@H](C(=O)NO)N(Cc1ccccc1)S(=O)(=O)c1cccc(NC(=O)OC(C)(C)C)c1. The monoisotopic (exact) mass is 449 g/mol. The summed E-state index contributed by atoms with van der Waals surface area (Å²) in [6.45, 7) is 6.41. The third kappa shape index (κ3) is 6.78. The molecule has 0 radical (unpaired) electrons. The molecule has 0 aliphatic heterocycles. The number of nitrogens with zero attached hydrogens (tertiary/aromatic N) is 1. The van der Waals surface area contributed by atoms with E-state index in [4.69, 9.17) is 9.94 Å². The van der Waals surface area contributed by atoms with Gasteiger partial charge in [-0.15, -0.1) is 0 Å². The summed E-state index contributed by atoms with van der Waals surface area (Å²) >= 11 is 0. The highest BCUT2D eigenvalue weighted by Gasteiger charge is 2.33. The summed E-state index contributed by atoms with van der Waals surface area (Å²) in [6, 6.07) is 13.2. The molecule has 2 aromatic rings. The fourth-order valence-corrected chi connectivity index (χ4v) is 4.34. The summed E-state index contributed by atoms with van der Waals surface area (Å²) in [5, 5.41) is 11.5. The lowest BCUT2D eigenvalue weighted by Crippen LogP contribution is -2.46. The van der Waals surface area contributed by atoms with Gasteiger partial charge in [0.2, 0.25) is 10.0 Å². The van der Waals surface area contributed by atoms with Gasteiger partial charge in [-0.3, -0.25) is 15.3 Å². The highest BCUT2D eigenvalue weighted by molar-refractivity contribution is 7.89. The van der Waals surface area contributed by atoms with Crippen molar-refractivity contribution >= 4 is 27.7 Å². The number of amides is 2. The molecule has 0 aromatic heterocycles. The number of sulfonamides is 1. The molecule has 0 heterocycles.